The minimum absolute atomic E-state index is 0.160. The maximum absolute atomic E-state index is 11.7. The van der Waals surface area contributed by atoms with Crippen LogP contribution < -0.4 is 5.69 Å². The number of aliphatic hydroxyl groups is 1. The number of hydrogen-bond donors (Lipinski definition) is 2. The lowest BCUT2D eigenvalue weighted by atomic mass is 10.1. The molecule has 0 amide bonds. The summed E-state index contributed by atoms with van der Waals surface area (Å²) in [5, 5.41) is 9.64. The van der Waals surface area contributed by atoms with Crippen molar-refractivity contribution in [1.29, 1.82) is 0 Å². The predicted molar refractivity (Wildman–Crippen MR) is 61.3 cm³/mol. The third-order valence-corrected chi connectivity index (χ3v) is 2.52. The molecule has 0 unspecified atom stereocenters. The van der Waals surface area contributed by atoms with E-state index in [1.165, 1.54) is 0 Å². The Kier molecular flexibility index (Phi) is 2.55. The third-order valence-electron chi connectivity index (χ3n) is 2.52. The molecule has 0 aliphatic carbocycles. The Morgan fingerprint density at radius 2 is 2.31 bits per heavy atom. The molecule has 0 aromatic carbocycles. The van der Waals surface area contributed by atoms with Crippen molar-refractivity contribution in [2.75, 3.05) is 0 Å². The van der Waals surface area contributed by atoms with Crippen LogP contribution in [-0.4, -0.2) is 25.2 Å². The van der Waals surface area contributed by atoms with Crippen molar-refractivity contribution in [1.82, 2.24) is 14.5 Å². The van der Waals surface area contributed by atoms with Crippen LogP contribution in [0, 0.1) is 0 Å². The van der Waals surface area contributed by atoms with Gasteiger partial charge in [-0.15, -0.1) is 0 Å². The number of nitrogens with zero attached hydrogens (tertiary/aromatic N) is 2. The molecular weight excluding hydrogens is 206 g/mol. The number of hydrogen-bond acceptors (Lipinski definition) is 3. The fourth-order valence-electron chi connectivity index (χ4n) is 1.61. The van der Waals surface area contributed by atoms with Crippen molar-refractivity contribution in [3.05, 3.63) is 28.9 Å². The van der Waals surface area contributed by atoms with Gasteiger partial charge in [0, 0.05) is 12.7 Å². The van der Waals surface area contributed by atoms with E-state index in [0.717, 1.165) is 11.0 Å². The highest BCUT2D eigenvalue weighted by atomic mass is 16.3. The number of fused-ring (bicyclic) bond motifs is 1. The van der Waals surface area contributed by atoms with Crippen LogP contribution >= 0.6 is 0 Å². The van der Waals surface area contributed by atoms with Gasteiger partial charge < -0.3 is 10.1 Å². The SMILES string of the molecule is CC(C)(O)CCn1c(=O)[nH]c2ccncc21. The normalized spacial score (nSPS) is 12.2. The van der Waals surface area contributed by atoms with Gasteiger partial charge in [-0.2, -0.15) is 0 Å². The molecule has 0 fully saturated rings. The Labute approximate surface area is 92.8 Å². The summed E-state index contributed by atoms with van der Waals surface area (Å²) in [7, 11) is 0. The molecule has 0 spiro atoms. The van der Waals surface area contributed by atoms with Gasteiger partial charge in [0.25, 0.3) is 0 Å². The van der Waals surface area contributed by atoms with E-state index >= 15 is 0 Å². The zero-order chi connectivity index (χ0) is 11.8. The first-order valence-electron chi connectivity index (χ1n) is 5.22. The summed E-state index contributed by atoms with van der Waals surface area (Å²) in [5.74, 6) is 0. The van der Waals surface area contributed by atoms with Crippen LogP contribution in [0.3, 0.4) is 0 Å². The average molecular weight is 221 g/mol. The summed E-state index contributed by atoms with van der Waals surface area (Å²) in [4.78, 5) is 18.4. The van der Waals surface area contributed by atoms with Crippen LogP contribution in [0.2, 0.25) is 0 Å². The fourth-order valence-corrected chi connectivity index (χ4v) is 1.61. The van der Waals surface area contributed by atoms with Crippen molar-refractivity contribution in [3.8, 4) is 0 Å². The smallest absolute Gasteiger partial charge is 0.326 e. The number of H-pyrrole nitrogens is 1. The second-order valence-electron chi connectivity index (χ2n) is 4.54. The van der Waals surface area contributed by atoms with Crippen LogP contribution in [0.4, 0.5) is 0 Å². The average Bonchev–Trinajstić information content (AvgIpc) is 2.49. The summed E-state index contributed by atoms with van der Waals surface area (Å²) in [6.07, 6.45) is 3.81. The molecule has 0 bridgehead atoms. The maximum atomic E-state index is 11.7. The first-order valence-corrected chi connectivity index (χ1v) is 5.22. The molecule has 2 aromatic rings. The van der Waals surface area contributed by atoms with Gasteiger partial charge in [-0.3, -0.25) is 9.55 Å². The molecule has 86 valence electrons. The zero-order valence-corrected chi connectivity index (χ0v) is 9.40. The van der Waals surface area contributed by atoms with Gasteiger partial charge in [0.15, 0.2) is 0 Å². The first-order chi connectivity index (χ1) is 7.47. The predicted octanol–water partition coefficient (Wildman–Crippen LogP) is 0.886. The highest BCUT2D eigenvalue weighted by Crippen LogP contribution is 2.12. The number of pyridine rings is 1. The van der Waals surface area contributed by atoms with Crippen molar-refractivity contribution < 1.29 is 5.11 Å². The van der Waals surface area contributed by atoms with Gasteiger partial charge in [-0.1, -0.05) is 0 Å². The largest absolute Gasteiger partial charge is 0.390 e. The molecule has 2 heterocycles. The number of rotatable bonds is 3. The molecule has 5 heteroatoms. The van der Waals surface area contributed by atoms with Crippen LogP contribution in [0.25, 0.3) is 11.0 Å². The number of aromatic nitrogens is 3. The lowest BCUT2D eigenvalue weighted by Gasteiger charge is -2.16. The van der Waals surface area contributed by atoms with E-state index in [0.29, 0.717) is 13.0 Å². The quantitative estimate of drug-likeness (QED) is 0.808. The van der Waals surface area contributed by atoms with E-state index in [2.05, 4.69) is 9.97 Å². The van der Waals surface area contributed by atoms with E-state index in [4.69, 9.17) is 0 Å². The van der Waals surface area contributed by atoms with Gasteiger partial charge >= 0.3 is 5.69 Å². The molecule has 0 saturated heterocycles. The maximum Gasteiger partial charge on any atom is 0.326 e. The summed E-state index contributed by atoms with van der Waals surface area (Å²) < 4.78 is 1.60. The molecule has 2 aromatic heterocycles. The van der Waals surface area contributed by atoms with Crippen LogP contribution in [-0.2, 0) is 6.54 Å². The summed E-state index contributed by atoms with van der Waals surface area (Å²) in [6, 6.07) is 1.76. The highest BCUT2D eigenvalue weighted by molar-refractivity contribution is 5.73. The number of aryl methyl sites for hydroxylation is 1. The second kappa shape index (κ2) is 3.75. The summed E-state index contributed by atoms with van der Waals surface area (Å²) in [5.41, 5.74) is 0.616. The Hall–Kier alpha value is -1.62. The standard InChI is InChI=1S/C11H15N3O2/c1-11(2,16)4-6-14-9-7-12-5-3-8(9)13-10(14)15/h3,5,7,16H,4,6H2,1-2H3,(H,13,15). The molecule has 2 N–H and O–H groups in total. The van der Waals surface area contributed by atoms with E-state index in [1.807, 2.05) is 0 Å². The molecular formula is C11H15N3O2. The fraction of sp³-hybridized carbons (Fsp3) is 0.455. The van der Waals surface area contributed by atoms with E-state index in [-0.39, 0.29) is 5.69 Å². The van der Waals surface area contributed by atoms with Gasteiger partial charge in [0.1, 0.15) is 0 Å². The lowest BCUT2D eigenvalue weighted by Crippen LogP contribution is -2.25. The van der Waals surface area contributed by atoms with Gasteiger partial charge in [-0.25, -0.2) is 4.79 Å². The van der Waals surface area contributed by atoms with E-state index in [9.17, 15) is 9.90 Å². The third kappa shape index (κ3) is 2.14. The number of nitrogens with one attached hydrogen (secondary N) is 1. The summed E-state index contributed by atoms with van der Waals surface area (Å²) in [6.45, 7) is 3.93. The molecule has 0 aliphatic heterocycles. The van der Waals surface area contributed by atoms with Crippen LogP contribution in [0.15, 0.2) is 23.3 Å². The van der Waals surface area contributed by atoms with Crippen molar-refractivity contribution in [3.63, 3.8) is 0 Å². The molecule has 0 atom stereocenters. The molecule has 0 aliphatic rings. The van der Waals surface area contributed by atoms with Gasteiger partial charge in [0.05, 0.1) is 22.8 Å². The van der Waals surface area contributed by atoms with Gasteiger partial charge in [-0.05, 0) is 26.3 Å². The first kappa shape index (κ1) is 10.9. The summed E-state index contributed by atoms with van der Waals surface area (Å²) >= 11 is 0. The highest BCUT2D eigenvalue weighted by Gasteiger charge is 2.14. The van der Waals surface area contributed by atoms with Crippen molar-refractivity contribution >= 4 is 11.0 Å². The van der Waals surface area contributed by atoms with Crippen LogP contribution in [0.5, 0.6) is 0 Å². The molecule has 2 rings (SSSR count). The van der Waals surface area contributed by atoms with Crippen LogP contribution in [0.1, 0.15) is 20.3 Å². The molecule has 0 saturated carbocycles. The topological polar surface area (TPSA) is 70.9 Å². The van der Waals surface area contributed by atoms with E-state index in [1.54, 1.807) is 36.9 Å². The molecule has 16 heavy (non-hydrogen) atoms. The Morgan fingerprint density at radius 1 is 1.56 bits per heavy atom. The zero-order valence-electron chi connectivity index (χ0n) is 9.40. The Bertz CT molecular complexity index is 548. The number of aromatic amines is 1. The molecule has 5 nitrogen and oxygen atoms in total. The van der Waals surface area contributed by atoms with Crippen molar-refractivity contribution in [2.24, 2.45) is 0 Å². The molecule has 0 radical (unpaired) electrons. The second-order valence-corrected chi connectivity index (χ2v) is 4.54. The van der Waals surface area contributed by atoms with E-state index < -0.39 is 5.60 Å². The lowest BCUT2D eigenvalue weighted by molar-refractivity contribution is 0.0663. The van der Waals surface area contributed by atoms with Crippen molar-refractivity contribution in [2.45, 2.75) is 32.4 Å². The monoisotopic (exact) mass is 221 g/mol. The Morgan fingerprint density at radius 3 is 3.00 bits per heavy atom. The van der Waals surface area contributed by atoms with Gasteiger partial charge in [0.2, 0.25) is 0 Å². The Balaban J connectivity index is 2.37. The minimum Gasteiger partial charge on any atom is -0.390 e. The minimum atomic E-state index is -0.773. The number of imidazole rings is 1.